The van der Waals surface area contributed by atoms with E-state index in [1.54, 1.807) is 4.68 Å². The van der Waals surface area contributed by atoms with Crippen LogP contribution in [0.25, 0.3) is 0 Å². The van der Waals surface area contributed by atoms with Gasteiger partial charge in [-0.15, -0.1) is 11.3 Å². The molecule has 4 rings (SSSR count). The quantitative estimate of drug-likeness (QED) is 0.855. The normalized spacial score (nSPS) is 19.6. The van der Waals surface area contributed by atoms with E-state index in [-0.39, 0.29) is 11.9 Å². The van der Waals surface area contributed by atoms with Crippen LogP contribution in [0.3, 0.4) is 0 Å². The lowest BCUT2D eigenvalue weighted by molar-refractivity contribution is 0.0899. The minimum absolute atomic E-state index is 0.0164. The molecule has 0 radical (unpaired) electrons. The maximum atomic E-state index is 12.5. The van der Waals surface area contributed by atoms with E-state index < -0.39 is 0 Å². The maximum absolute atomic E-state index is 12.5. The number of carbonyl (C=O) groups is 1. The number of aromatic nitrogens is 3. The molecule has 1 saturated heterocycles. The van der Waals surface area contributed by atoms with Gasteiger partial charge < -0.3 is 5.32 Å². The highest BCUT2D eigenvalue weighted by atomic mass is 32.1. The number of likely N-dealkylation sites (tertiary alicyclic amines) is 1. The van der Waals surface area contributed by atoms with Crippen LogP contribution in [0.1, 0.15) is 71.3 Å². The number of nitrogens with zero attached hydrogens (tertiary/aromatic N) is 4. The summed E-state index contributed by atoms with van der Waals surface area (Å²) in [5.41, 5.74) is 2.73. The Labute approximate surface area is 165 Å². The van der Waals surface area contributed by atoms with E-state index in [0.29, 0.717) is 11.6 Å². The fourth-order valence-electron chi connectivity index (χ4n) is 4.30. The zero-order chi connectivity index (χ0) is 18.8. The highest BCUT2D eigenvalue weighted by molar-refractivity contribution is 7.09. The summed E-state index contributed by atoms with van der Waals surface area (Å²) in [7, 11) is 1.82. The van der Waals surface area contributed by atoms with Crippen molar-refractivity contribution in [2.45, 2.75) is 64.0 Å². The minimum atomic E-state index is -0.0164. The number of aryl methyl sites for hydroxylation is 2. The zero-order valence-electron chi connectivity index (χ0n) is 16.3. The molecule has 0 atom stereocenters. The molecule has 0 bridgehead atoms. The van der Waals surface area contributed by atoms with Crippen LogP contribution >= 0.6 is 11.3 Å². The third kappa shape index (κ3) is 4.41. The lowest BCUT2D eigenvalue weighted by atomic mass is 10.0. The van der Waals surface area contributed by atoms with Crippen LogP contribution in [0.2, 0.25) is 0 Å². The molecule has 1 N–H and O–H groups in total. The molecule has 2 fully saturated rings. The summed E-state index contributed by atoms with van der Waals surface area (Å²) in [6.45, 7) is 4.86. The molecule has 27 heavy (non-hydrogen) atoms. The fourth-order valence-corrected chi connectivity index (χ4v) is 5.28. The molecule has 1 amide bonds. The second-order valence-corrected chi connectivity index (χ2v) is 8.87. The summed E-state index contributed by atoms with van der Waals surface area (Å²) in [6.07, 6.45) is 7.32. The van der Waals surface area contributed by atoms with Crippen molar-refractivity contribution in [2.24, 2.45) is 7.05 Å². The molecule has 1 saturated carbocycles. The first kappa shape index (κ1) is 18.6. The Bertz CT molecular complexity index is 784. The van der Waals surface area contributed by atoms with Crippen LogP contribution < -0.4 is 5.32 Å². The van der Waals surface area contributed by atoms with E-state index in [1.165, 1.54) is 36.4 Å². The van der Waals surface area contributed by atoms with E-state index in [0.717, 1.165) is 38.2 Å². The molecule has 2 aliphatic rings. The minimum Gasteiger partial charge on any atom is -0.348 e. The highest BCUT2D eigenvalue weighted by Crippen LogP contribution is 2.35. The number of rotatable bonds is 5. The average molecular weight is 388 g/mol. The van der Waals surface area contributed by atoms with Gasteiger partial charge in [0.25, 0.3) is 5.91 Å². The van der Waals surface area contributed by atoms with Gasteiger partial charge >= 0.3 is 0 Å². The Morgan fingerprint density at radius 2 is 2.00 bits per heavy atom. The van der Waals surface area contributed by atoms with Crippen molar-refractivity contribution >= 4 is 17.2 Å². The van der Waals surface area contributed by atoms with Gasteiger partial charge in [0.2, 0.25) is 0 Å². The first-order valence-corrected chi connectivity index (χ1v) is 10.9. The van der Waals surface area contributed by atoms with Crippen molar-refractivity contribution in [3.63, 3.8) is 0 Å². The van der Waals surface area contributed by atoms with Gasteiger partial charge in [-0.25, -0.2) is 4.98 Å². The van der Waals surface area contributed by atoms with Crippen molar-refractivity contribution < 1.29 is 4.79 Å². The van der Waals surface area contributed by atoms with Crippen LogP contribution in [-0.2, 0) is 13.6 Å². The smallest absolute Gasteiger partial charge is 0.269 e. The second-order valence-electron chi connectivity index (χ2n) is 7.98. The predicted molar refractivity (Wildman–Crippen MR) is 107 cm³/mol. The van der Waals surface area contributed by atoms with Crippen LogP contribution in [0, 0.1) is 6.92 Å². The van der Waals surface area contributed by atoms with Gasteiger partial charge in [-0.2, -0.15) is 5.10 Å². The predicted octanol–water partition coefficient (Wildman–Crippen LogP) is 3.24. The molecule has 6 nitrogen and oxygen atoms in total. The van der Waals surface area contributed by atoms with Crippen molar-refractivity contribution in [2.75, 3.05) is 13.1 Å². The second kappa shape index (κ2) is 8.10. The summed E-state index contributed by atoms with van der Waals surface area (Å²) in [5.74, 6) is 0.692. The van der Waals surface area contributed by atoms with Crippen LogP contribution in [0.4, 0.5) is 0 Å². The van der Waals surface area contributed by atoms with Gasteiger partial charge in [0, 0.05) is 44.0 Å². The van der Waals surface area contributed by atoms with Gasteiger partial charge in [-0.1, -0.05) is 12.8 Å². The molecular formula is C20H29N5OS. The molecular weight excluding hydrogens is 358 g/mol. The molecule has 146 valence electrons. The maximum Gasteiger partial charge on any atom is 0.269 e. The van der Waals surface area contributed by atoms with E-state index in [2.05, 4.69) is 20.7 Å². The first-order chi connectivity index (χ1) is 13.1. The molecule has 2 aromatic rings. The lowest BCUT2D eigenvalue weighted by Gasteiger charge is -2.31. The number of piperidine rings is 1. The van der Waals surface area contributed by atoms with E-state index in [1.807, 2.05) is 31.4 Å². The zero-order valence-corrected chi connectivity index (χ0v) is 17.1. The van der Waals surface area contributed by atoms with Gasteiger partial charge in [0.1, 0.15) is 5.69 Å². The molecule has 2 aromatic heterocycles. The van der Waals surface area contributed by atoms with Crippen molar-refractivity contribution in [3.05, 3.63) is 33.5 Å². The topological polar surface area (TPSA) is 63.1 Å². The molecule has 0 spiro atoms. The lowest BCUT2D eigenvalue weighted by Crippen LogP contribution is -2.44. The summed E-state index contributed by atoms with van der Waals surface area (Å²) in [6, 6.07) is 2.09. The van der Waals surface area contributed by atoms with E-state index >= 15 is 0 Å². The SMILES string of the molecule is Cc1cc(C(=O)NC2CCN(Cc3csc(C4CCCC4)n3)CC2)n(C)n1. The number of hydrogen-bond donors (Lipinski definition) is 1. The third-order valence-corrected chi connectivity index (χ3v) is 6.87. The number of hydrogen-bond acceptors (Lipinski definition) is 5. The fraction of sp³-hybridized carbons (Fsp3) is 0.650. The van der Waals surface area contributed by atoms with Crippen molar-refractivity contribution in [1.82, 2.24) is 25.0 Å². The highest BCUT2D eigenvalue weighted by Gasteiger charge is 2.24. The van der Waals surface area contributed by atoms with Crippen molar-refractivity contribution in [1.29, 1.82) is 0 Å². The summed E-state index contributed by atoms with van der Waals surface area (Å²) >= 11 is 1.84. The largest absolute Gasteiger partial charge is 0.348 e. The molecule has 1 aliphatic heterocycles. The summed E-state index contributed by atoms with van der Waals surface area (Å²) < 4.78 is 1.66. The number of carbonyl (C=O) groups excluding carboxylic acids is 1. The molecule has 0 aromatic carbocycles. The van der Waals surface area contributed by atoms with E-state index in [4.69, 9.17) is 4.98 Å². The monoisotopic (exact) mass is 387 g/mol. The number of nitrogens with one attached hydrogen (secondary N) is 1. The Hall–Kier alpha value is -1.73. The summed E-state index contributed by atoms with van der Waals surface area (Å²) in [5, 5.41) is 11.0. The Kier molecular flexibility index (Phi) is 5.59. The molecule has 3 heterocycles. The first-order valence-electron chi connectivity index (χ1n) is 10.1. The molecule has 7 heteroatoms. The standard InChI is InChI=1S/C20H29N5OS/c1-14-11-18(24(2)23-14)19(26)21-16-7-9-25(10-8-16)12-17-13-27-20(22-17)15-5-3-4-6-15/h11,13,15-16H,3-10,12H2,1-2H3,(H,21,26). The Morgan fingerprint density at radius 3 is 2.67 bits per heavy atom. The number of amides is 1. The summed E-state index contributed by atoms with van der Waals surface area (Å²) in [4.78, 5) is 19.8. The average Bonchev–Trinajstić information content (AvgIpc) is 3.37. The van der Waals surface area contributed by atoms with E-state index in [9.17, 15) is 4.79 Å². The van der Waals surface area contributed by atoms with Gasteiger partial charge in [-0.05, 0) is 38.7 Å². The van der Waals surface area contributed by atoms with Gasteiger partial charge in [0.15, 0.2) is 0 Å². The third-order valence-electron chi connectivity index (χ3n) is 5.82. The van der Waals surface area contributed by atoms with Crippen molar-refractivity contribution in [3.8, 4) is 0 Å². The molecule has 0 unspecified atom stereocenters. The van der Waals surface area contributed by atoms with Gasteiger partial charge in [0.05, 0.1) is 16.4 Å². The van der Waals surface area contributed by atoms with Crippen LogP contribution in [0.15, 0.2) is 11.4 Å². The number of thiazole rings is 1. The Morgan fingerprint density at radius 1 is 1.26 bits per heavy atom. The van der Waals surface area contributed by atoms with Crippen LogP contribution in [-0.4, -0.2) is 44.7 Å². The van der Waals surface area contributed by atoms with Gasteiger partial charge in [-0.3, -0.25) is 14.4 Å². The Balaban J connectivity index is 1.25. The van der Waals surface area contributed by atoms with Crippen LogP contribution in [0.5, 0.6) is 0 Å². The molecule has 1 aliphatic carbocycles.